The van der Waals surface area contributed by atoms with Crippen LogP contribution in [0.3, 0.4) is 0 Å². The molecule has 2 aromatic carbocycles. The number of allylic oxidation sites excluding steroid dienone is 2. The molecule has 4 N–H and O–H groups in total. The van der Waals surface area contributed by atoms with E-state index < -0.39 is 5.41 Å². The van der Waals surface area contributed by atoms with Crippen LogP contribution in [-0.2, 0) is 9.59 Å². The lowest BCUT2D eigenvalue weighted by molar-refractivity contribution is -0.181. The van der Waals surface area contributed by atoms with Crippen LogP contribution in [-0.4, -0.2) is 22.0 Å². The highest BCUT2D eigenvalue weighted by Gasteiger charge is 2.67. The molecule has 0 saturated heterocycles. The van der Waals surface area contributed by atoms with E-state index in [1.807, 2.05) is 60.7 Å². The normalized spacial score (nSPS) is 33.2. The van der Waals surface area contributed by atoms with Crippen molar-refractivity contribution >= 4 is 57.8 Å². The smallest absolute Gasteiger partial charge is 0.232 e. The summed E-state index contributed by atoms with van der Waals surface area (Å²) in [6.07, 6.45) is 9.16. The SMILES string of the molecule is CC(C)C1=C[C@]23CC[C@@H]4[C@](C)(CCC[C@@]4(C)C(=O)NC(=S)Nc4ccccc4)[C@H]2C[C@H]1CC3C(=O)NC(=S)Nc1ccccc1. The topological polar surface area (TPSA) is 82.3 Å². The number of thiocarbonyl (C=S) groups is 2. The van der Waals surface area contributed by atoms with Crippen molar-refractivity contribution in [3.05, 3.63) is 72.3 Å². The summed E-state index contributed by atoms with van der Waals surface area (Å²) in [7, 11) is 0. The van der Waals surface area contributed by atoms with E-state index in [1.54, 1.807) is 0 Å². The van der Waals surface area contributed by atoms with Crippen LogP contribution < -0.4 is 21.3 Å². The Morgan fingerprint density at radius 1 is 0.800 bits per heavy atom. The van der Waals surface area contributed by atoms with Crippen LogP contribution in [0.5, 0.6) is 0 Å². The largest absolute Gasteiger partial charge is 0.332 e. The van der Waals surface area contributed by atoms with E-state index in [9.17, 15) is 9.59 Å². The van der Waals surface area contributed by atoms with Gasteiger partial charge in [0.25, 0.3) is 0 Å². The van der Waals surface area contributed by atoms with Crippen LogP contribution in [0.15, 0.2) is 72.3 Å². The van der Waals surface area contributed by atoms with Crippen LogP contribution in [0.2, 0.25) is 0 Å². The lowest BCUT2D eigenvalue weighted by Crippen LogP contribution is -2.65. The highest BCUT2D eigenvalue weighted by atomic mass is 32.1. The molecule has 0 radical (unpaired) electrons. The maximum atomic E-state index is 14.1. The predicted octanol–water partition coefficient (Wildman–Crippen LogP) is 7.84. The summed E-state index contributed by atoms with van der Waals surface area (Å²) in [5.74, 6) is 1.21. The summed E-state index contributed by atoms with van der Waals surface area (Å²) in [6, 6.07) is 19.4. The van der Waals surface area contributed by atoms with Crippen LogP contribution in [0.4, 0.5) is 11.4 Å². The molecule has 2 aromatic rings. The zero-order valence-electron chi connectivity index (χ0n) is 26.8. The minimum absolute atomic E-state index is 0.00816. The van der Waals surface area contributed by atoms with Crippen molar-refractivity contribution in [2.45, 2.75) is 72.6 Å². The van der Waals surface area contributed by atoms with Gasteiger partial charge in [0.05, 0.1) is 5.41 Å². The second kappa shape index (κ2) is 12.3. The molecule has 0 heterocycles. The summed E-state index contributed by atoms with van der Waals surface area (Å²) in [5, 5.41) is 13.2. The molecular formula is C37H46N4O2S2. The molecule has 3 saturated carbocycles. The fourth-order valence-electron chi connectivity index (χ4n) is 10.00. The number of nitrogens with one attached hydrogen (secondary N) is 4. The molecule has 7 atom stereocenters. The van der Waals surface area contributed by atoms with Crippen molar-refractivity contribution in [1.82, 2.24) is 10.6 Å². The van der Waals surface area contributed by atoms with Crippen LogP contribution in [0.25, 0.3) is 0 Å². The van der Waals surface area contributed by atoms with E-state index in [1.165, 1.54) is 5.57 Å². The Labute approximate surface area is 278 Å². The van der Waals surface area contributed by atoms with E-state index in [-0.39, 0.29) is 34.5 Å². The second-order valence-electron chi connectivity index (χ2n) is 14.6. The standard InChI is InChI=1S/C37H46N4O2S2/c1-23(2)27-22-37-19-16-29-35(3,17-11-18-36(29,4)32(43)41-34(45)39-26-14-9-6-10-15-26)30(37)21-24(27)20-28(37)31(42)40-33(44)38-25-12-7-5-8-13-25/h5-10,12-15,22-24,28-30H,11,16-21H2,1-4H3,(H2,38,40,42,44)(H2,39,41,43,45)/t24-,28?,29-,30-,35+,36-,37+/m1/s1. The Balaban J connectivity index is 1.25. The van der Waals surface area contributed by atoms with Crippen molar-refractivity contribution in [2.24, 2.45) is 45.8 Å². The third-order valence-corrected chi connectivity index (χ3v) is 12.3. The molecule has 5 aliphatic carbocycles. The molecule has 1 spiro atoms. The van der Waals surface area contributed by atoms with Crippen LogP contribution in [0, 0.1) is 45.8 Å². The van der Waals surface area contributed by atoms with Gasteiger partial charge < -0.3 is 21.3 Å². The molecule has 5 aliphatic rings. The highest BCUT2D eigenvalue weighted by Crippen LogP contribution is 2.72. The lowest BCUT2D eigenvalue weighted by atomic mass is 9.35. The Bertz CT molecular complexity index is 1510. The fourth-order valence-corrected chi connectivity index (χ4v) is 10.4. The average Bonchev–Trinajstić information content (AvgIpc) is 3.01. The van der Waals surface area contributed by atoms with E-state index in [2.05, 4.69) is 55.0 Å². The summed E-state index contributed by atoms with van der Waals surface area (Å²) >= 11 is 11.2. The van der Waals surface area contributed by atoms with Crippen molar-refractivity contribution < 1.29 is 9.59 Å². The van der Waals surface area contributed by atoms with Gasteiger partial charge in [0.15, 0.2) is 10.2 Å². The van der Waals surface area contributed by atoms with Gasteiger partial charge in [-0.2, -0.15) is 0 Å². The molecular weight excluding hydrogens is 597 g/mol. The molecule has 2 bridgehead atoms. The summed E-state index contributed by atoms with van der Waals surface area (Å²) in [6.45, 7) is 9.15. The van der Waals surface area contributed by atoms with Gasteiger partial charge in [0.1, 0.15) is 0 Å². The zero-order valence-corrected chi connectivity index (χ0v) is 28.5. The van der Waals surface area contributed by atoms with E-state index in [4.69, 9.17) is 24.4 Å². The first-order valence-electron chi connectivity index (χ1n) is 16.5. The summed E-state index contributed by atoms with van der Waals surface area (Å²) < 4.78 is 0. The maximum Gasteiger partial charge on any atom is 0.232 e. The first-order valence-corrected chi connectivity index (χ1v) is 17.3. The molecule has 7 rings (SSSR count). The molecule has 2 amide bonds. The van der Waals surface area contributed by atoms with Crippen molar-refractivity contribution in [1.29, 1.82) is 0 Å². The molecule has 0 aromatic heterocycles. The maximum absolute atomic E-state index is 14.1. The fraction of sp³-hybridized carbons (Fsp3) is 0.514. The molecule has 3 fully saturated rings. The Hall–Kier alpha value is -3.10. The van der Waals surface area contributed by atoms with Gasteiger partial charge in [-0.15, -0.1) is 0 Å². The van der Waals surface area contributed by atoms with Crippen molar-refractivity contribution in [3.63, 3.8) is 0 Å². The van der Waals surface area contributed by atoms with Gasteiger partial charge in [-0.3, -0.25) is 9.59 Å². The van der Waals surface area contributed by atoms with Gasteiger partial charge in [0.2, 0.25) is 11.8 Å². The van der Waals surface area contributed by atoms with Gasteiger partial charge >= 0.3 is 0 Å². The predicted molar refractivity (Wildman–Crippen MR) is 189 cm³/mol. The number of benzene rings is 2. The van der Waals surface area contributed by atoms with E-state index >= 15 is 0 Å². The number of carbonyl (C=O) groups is 2. The van der Waals surface area contributed by atoms with Crippen molar-refractivity contribution in [3.8, 4) is 0 Å². The number of hydrogen-bond acceptors (Lipinski definition) is 4. The quantitative estimate of drug-likeness (QED) is 0.197. The first kappa shape index (κ1) is 31.9. The number of carbonyl (C=O) groups excluding carboxylic acids is 2. The number of amides is 2. The number of anilines is 2. The van der Waals surface area contributed by atoms with E-state index in [0.29, 0.717) is 28.0 Å². The van der Waals surface area contributed by atoms with Crippen molar-refractivity contribution in [2.75, 3.05) is 10.6 Å². The molecule has 45 heavy (non-hydrogen) atoms. The molecule has 1 unspecified atom stereocenters. The Kier molecular flexibility index (Phi) is 8.68. The number of para-hydroxylation sites is 2. The van der Waals surface area contributed by atoms with Gasteiger partial charge in [-0.25, -0.2) is 0 Å². The average molecular weight is 643 g/mol. The van der Waals surface area contributed by atoms with Crippen LogP contribution in [0.1, 0.15) is 72.6 Å². The molecule has 6 nitrogen and oxygen atoms in total. The molecule has 0 aliphatic heterocycles. The second-order valence-corrected chi connectivity index (χ2v) is 15.5. The Morgan fingerprint density at radius 3 is 2.00 bits per heavy atom. The number of rotatable bonds is 5. The van der Waals surface area contributed by atoms with Gasteiger partial charge in [0, 0.05) is 22.7 Å². The zero-order chi connectivity index (χ0) is 32.0. The third-order valence-electron chi connectivity index (χ3n) is 11.9. The van der Waals surface area contributed by atoms with E-state index in [0.717, 1.165) is 56.3 Å². The number of hydrogen-bond donors (Lipinski definition) is 4. The van der Waals surface area contributed by atoms with Crippen LogP contribution >= 0.6 is 24.4 Å². The summed E-state index contributed by atoms with van der Waals surface area (Å²) in [5.41, 5.74) is 2.36. The summed E-state index contributed by atoms with van der Waals surface area (Å²) in [4.78, 5) is 28.2. The van der Waals surface area contributed by atoms with Gasteiger partial charge in [-0.1, -0.05) is 82.2 Å². The monoisotopic (exact) mass is 642 g/mol. The molecule has 8 heteroatoms. The first-order chi connectivity index (χ1) is 21.5. The molecule has 238 valence electrons. The lowest BCUT2D eigenvalue weighted by Gasteiger charge is -2.68. The minimum Gasteiger partial charge on any atom is -0.332 e. The highest BCUT2D eigenvalue weighted by molar-refractivity contribution is 7.80. The third kappa shape index (κ3) is 5.73. The Morgan fingerprint density at radius 2 is 1.40 bits per heavy atom. The minimum atomic E-state index is -0.544. The van der Waals surface area contributed by atoms with Gasteiger partial charge in [-0.05, 0) is 116 Å². The number of fused-ring (bicyclic) bond motifs is 2.